The molecule has 1 aliphatic rings. The molecular formula is C27H25F4N5O4S. The number of fused-ring (bicyclic) bond motifs is 1. The predicted octanol–water partition coefficient (Wildman–Crippen LogP) is 4.15. The Bertz CT molecular complexity index is 1750. The van der Waals surface area contributed by atoms with Gasteiger partial charge in [-0.2, -0.15) is 25.9 Å². The molecule has 9 nitrogen and oxygen atoms in total. The number of pyridine rings is 1. The van der Waals surface area contributed by atoms with E-state index in [9.17, 15) is 26.4 Å². The zero-order valence-electron chi connectivity index (χ0n) is 21.9. The van der Waals surface area contributed by atoms with Crippen LogP contribution >= 0.6 is 0 Å². The zero-order chi connectivity index (χ0) is 30.1. The third-order valence-corrected chi connectivity index (χ3v) is 7.77. The molecule has 0 saturated carbocycles. The van der Waals surface area contributed by atoms with Crippen LogP contribution in [0.15, 0.2) is 63.8 Å². The standard InChI is InChI=1S/C27H25F4N5O4S/c1-16-10-18(12-19(11-16)27(29,30)31)20-13-24(40-2)23(14-21(20)28)36-22-7-9-35(15-17(22)5-6-26(36)37)41(38,39)34-25(33)4-3-8-32/h3-6,8,10-14,32H,7,9,15H2,1-2H3,(H2,33,34)/b4-3-,32-8?. The fourth-order valence-electron chi connectivity index (χ4n) is 4.57. The predicted molar refractivity (Wildman–Crippen MR) is 146 cm³/mol. The molecular weight excluding hydrogens is 566 g/mol. The average molecular weight is 592 g/mol. The van der Waals surface area contributed by atoms with Crippen LogP contribution in [0, 0.1) is 18.2 Å². The minimum atomic E-state index is -4.63. The Hall–Kier alpha value is -4.30. The molecule has 3 aromatic rings. The van der Waals surface area contributed by atoms with Crippen LogP contribution < -0.4 is 16.0 Å². The maximum Gasteiger partial charge on any atom is 0.416 e. The summed E-state index contributed by atoms with van der Waals surface area (Å²) < 4.78 is 92.5. The number of aryl methyl sites for hydroxylation is 1. The van der Waals surface area contributed by atoms with Gasteiger partial charge in [-0.25, -0.2) is 4.39 Å². The number of allylic oxidation sites excluding steroid dienone is 1. The lowest BCUT2D eigenvalue weighted by Gasteiger charge is -2.28. The van der Waals surface area contributed by atoms with Crippen LogP contribution in [0.2, 0.25) is 0 Å². The van der Waals surface area contributed by atoms with E-state index in [0.29, 0.717) is 11.3 Å². The van der Waals surface area contributed by atoms with E-state index in [1.807, 2.05) is 0 Å². The van der Waals surface area contributed by atoms with Gasteiger partial charge in [-0.3, -0.25) is 9.36 Å². The zero-order valence-corrected chi connectivity index (χ0v) is 22.7. The summed E-state index contributed by atoms with van der Waals surface area (Å²) in [7, 11) is -2.92. The third kappa shape index (κ3) is 6.23. The number of hydrogen-bond acceptors (Lipinski definition) is 5. The summed E-state index contributed by atoms with van der Waals surface area (Å²) in [6, 6.07) is 8.10. The van der Waals surface area contributed by atoms with Crippen LogP contribution in [0.25, 0.3) is 16.8 Å². The lowest BCUT2D eigenvalue weighted by atomic mass is 9.98. The number of halogens is 4. The van der Waals surface area contributed by atoms with Crippen LogP contribution in [0.3, 0.4) is 0 Å². The van der Waals surface area contributed by atoms with Crippen LogP contribution in [0.5, 0.6) is 5.75 Å². The van der Waals surface area contributed by atoms with Crippen LogP contribution in [0.1, 0.15) is 22.4 Å². The van der Waals surface area contributed by atoms with Crippen molar-refractivity contribution >= 4 is 22.3 Å². The summed E-state index contributed by atoms with van der Waals surface area (Å²) in [5.74, 6) is -1.18. The average Bonchev–Trinajstić information content (AvgIpc) is 2.90. The van der Waals surface area contributed by atoms with Crippen molar-refractivity contribution in [1.29, 1.82) is 5.41 Å². The van der Waals surface area contributed by atoms with Gasteiger partial charge in [-0.1, -0.05) is 12.1 Å². The molecule has 0 atom stereocenters. The monoisotopic (exact) mass is 591 g/mol. The molecule has 0 unspecified atom stereocenters. The normalized spacial score (nSPS) is 14.7. The molecule has 1 aliphatic heterocycles. The van der Waals surface area contributed by atoms with Gasteiger partial charge in [0.25, 0.3) is 5.56 Å². The number of benzene rings is 2. The number of alkyl halides is 3. The molecule has 0 aliphatic carbocycles. The van der Waals surface area contributed by atoms with Gasteiger partial charge in [-0.05, 0) is 54.0 Å². The van der Waals surface area contributed by atoms with E-state index < -0.39 is 33.3 Å². The number of hydrogen-bond donors (Lipinski definition) is 2. The second-order valence-corrected chi connectivity index (χ2v) is 10.8. The highest BCUT2D eigenvalue weighted by molar-refractivity contribution is 7.87. The third-order valence-electron chi connectivity index (χ3n) is 6.37. The van der Waals surface area contributed by atoms with Crippen molar-refractivity contribution in [3.8, 4) is 22.6 Å². The molecule has 216 valence electrons. The first-order valence-electron chi connectivity index (χ1n) is 12.1. The summed E-state index contributed by atoms with van der Waals surface area (Å²) in [6.45, 7) is 1.24. The molecule has 0 spiro atoms. The molecule has 0 amide bonds. The van der Waals surface area contributed by atoms with E-state index in [-0.39, 0.29) is 53.5 Å². The van der Waals surface area contributed by atoms with E-state index in [1.165, 1.54) is 48.9 Å². The molecule has 0 fully saturated rings. The first-order chi connectivity index (χ1) is 19.2. The highest BCUT2D eigenvalue weighted by Crippen LogP contribution is 2.37. The van der Waals surface area contributed by atoms with Gasteiger partial charge >= 0.3 is 16.4 Å². The molecule has 0 saturated heterocycles. The Balaban J connectivity index is 1.78. The number of ether oxygens (including phenoxy) is 1. The van der Waals surface area contributed by atoms with Crippen molar-refractivity contribution in [2.45, 2.75) is 26.1 Å². The van der Waals surface area contributed by atoms with Crippen molar-refractivity contribution in [3.63, 3.8) is 0 Å². The molecule has 2 heterocycles. The summed E-state index contributed by atoms with van der Waals surface area (Å²) in [5.41, 5.74) is 5.11. The lowest BCUT2D eigenvalue weighted by molar-refractivity contribution is -0.137. The van der Waals surface area contributed by atoms with Gasteiger partial charge < -0.3 is 15.9 Å². The Morgan fingerprint density at radius 2 is 1.90 bits per heavy atom. The van der Waals surface area contributed by atoms with E-state index in [0.717, 1.165) is 34.8 Å². The lowest BCUT2D eigenvalue weighted by Crippen LogP contribution is -2.38. The number of amidine groups is 1. The van der Waals surface area contributed by atoms with E-state index in [1.54, 1.807) is 0 Å². The van der Waals surface area contributed by atoms with Crippen molar-refractivity contribution in [1.82, 2.24) is 8.87 Å². The first kappa shape index (κ1) is 29.7. The Labute approximate surface area is 232 Å². The van der Waals surface area contributed by atoms with Crippen molar-refractivity contribution in [3.05, 3.63) is 93.2 Å². The topological polar surface area (TPSA) is 131 Å². The summed E-state index contributed by atoms with van der Waals surface area (Å²) in [6.07, 6.45) is -1.30. The molecule has 1 aromatic heterocycles. The molecule has 14 heteroatoms. The second-order valence-electron chi connectivity index (χ2n) is 9.17. The minimum Gasteiger partial charge on any atom is -0.495 e. The van der Waals surface area contributed by atoms with E-state index in [4.69, 9.17) is 15.9 Å². The highest BCUT2D eigenvalue weighted by atomic mass is 32.2. The number of aromatic nitrogens is 1. The minimum absolute atomic E-state index is 0.00894. The van der Waals surface area contributed by atoms with Gasteiger partial charge in [0.15, 0.2) is 0 Å². The summed E-state index contributed by atoms with van der Waals surface area (Å²) >= 11 is 0. The largest absolute Gasteiger partial charge is 0.495 e. The SMILES string of the molecule is COc1cc(-c2cc(C)cc(C(F)(F)F)c2)c(F)cc1-n1c2c(ccc1=O)CN(S(=O)(=O)N=C(N)/C=C\C=N)CC2. The van der Waals surface area contributed by atoms with Crippen molar-refractivity contribution in [2.24, 2.45) is 10.1 Å². The fourth-order valence-corrected chi connectivity index (χ4v) is 5.64. The van der Waals surface area contributed by atoms with Crippen LogP contribution in [-0.4, -0.2) is 43.0 Å². The molecule has 4 rings (SSSR count). The van der Waals surface area contributed by atoms with Gasteiger partial charge in [0.1, 0.15) is 17.4 Å². The quantitative estimate of drug-likeness (QED) is 0.242. The number of rotatable bonds is 7. The first-order valence-corrected chi connectivity index (χ1v) is 13.5. The number of nitrogens with one attached hydrogen (secondary N) is 1. The highest BCUT2D eigenvalue weighted by Gasteiger charge is 2.32. The van der Waals surface area contributed by atoms with Gasteiger partial charge in [0.2, 0.25) is 0 Å². The maximum atomic E-state index is 15.5. The second kappa shape index (κ2) is 11.3. The molecule has 2 aromatic carbocycles. The van der Waals surface area contributed by atoms with Crippen molar-refractivity contribution in [2.75, 3.05) is 13.7 Å². The number of nitrogens with zero attached hydrogens (tertiary/aromatic N) is 3. The van der Waals surface area contributed by atoms with E-state index in [2.05, 4.69) is 4.40 Å². The Morgan fingerprint density at radius 3 is 2.56 bits per heavy atom. The van der Waals surface area contributed by atoms with Gasteiger partial charge in [0, 0.05) is 49.1 Å². The molecule has 3 N–H and O–H groups in total. The Kier molecular flexibility index (Phi) is 8.17. The summed E-state index contributed by atoms with van der Waals surface area (Å²) in [4.78, 5) is 13.0. The smallest absolute Gasteiger partial charge is 0.416 e. The van der Waals surface area contributed by atoms with Crippen molar-refractivity contribution < 1.29 is 30.7 Å². The summed E-state index contributed by atoms with van der Waals surface area (Å²) in [5, 5.41) is 6.97. The van der Waals surface area contributed by atoms with E-state index >= 15 is 4.39 Å². The van der Waals surface area contributed by atoms with Crippen LogP contribution in [0.4, 0.5) is 17.6 Å². The number of nitrogens with two attached hydrogens (primary N) is 1. The Morgan fingerprint density at radius 1 is 1.17 bits per heavy atom. The molecule has 0 bridgehead atoms. The maximum absolute atomic E-state index is 15.5. The molecule has 0 radical (unpaired) electrons. The fraction of sp³-hybridized carbons (Fsp3) is 0.222. The molecule has 41 heavy (non-hydrogen) atoms. The van der Waals surface area contributed by atoms with Crippen LogP contribution in [-0.2, 0) is 29.4 Å². The van der Waals surface area contributed by atoms with Gasteiger partial charge in [-0.15, -0.1) is 4.40 Å². The number of methoxy groups -OCH3 is 1. The van der Waals surface area contributed by atoms with Gasteiger partial charge in [0.05, 0.1) is 18.4 Å².